The molecule has 0 saturated heterocycles. The first kappa shape index (κ1) is 9.11. The van der Waals surface area contributed by atoms with Gasteiger partial charge < -0.3 is 10.2 Å². The van der Waals surface area contributed by atoms with E-state index in [0.29, 0.717) is 0 Å². The molecule has 2 radical (unpaired) electrons. The van der Waals surface area contributed by atoms with Crippen molar-refractivity contribution in [2.45, 2.75) is 0 Å². The van der Waals surface area contributed by atoms with Crippen LogP contribution in [-0.2, 0) is 0 Å². The van der Waals surface area contributed by atoms with Crippen molar-refractivity contribution in [2.75, 3.05) is 0 Å². The third-order valence-electron chi connectivity index (χ3n) is 0. The van der Waals surface area contributed by atoms with Crippen LogP contribution in [-0.4, -0.2) is 54.1 Å². The fraction of sp³-hybridized carbons (Fsp3) is 0. The van der Waals surface area contributed by atoms with Gasteiger partial charge in [0.2, 0.25) is 0 Å². The van der Waals surface area contributed by atoms with E-state index in [2.05, 4.69) is 0 Å². The van der Waals surface area contributed by atoms with Crippen molar-refractivity contribution < 1.29 is 15.0 Å². The molecule has 0 aliphatic heterocycles. The van der Waals surface area contributed by atoms with E-state index in [1.54, 1.807) is 0 Å². The van der Waals surface area contributed by atoms with Crippen molar-refractivity contribution in [1.82, 2.24) is 0 Å². The quantitative estimate of drug-likeness (QED) is 0.331. The second-order valence-electron chi connectivity index (χ2n) is 0.283. The molecule has 0 heterocycles. The minimum atomic E-state index is -1.83. The molecule has 5 heavy (non-hydrogen) atoms. The molecular formula is CH2CaO3. The zero-order valence-corrected chi connectivity index (χ0v) is 4.72. The first-order valence-electron chi connectivity index (χ1n) is 0.651. The van der Waals surface area contributed by atoms with Crippen molar-refractivity contribution in [3.8, 4) is 0 Å². The van der Waals surface area contributed by atoms with Gasteiger partial charge in [0, 0.05) is 37.7 Å². The van der Waals surface area contributed by atoms with Crippen molar-refractivity contribution in [2.24, 2.45) is 0 Å². The largest absolute Gasteiger partial charge is 0.503 e. The summed E-state index contributed by atoms with van der Waals surface area (Å²) in [6.45, 7) is 0. The molecular weight excluding hydrogens is 101 g/mol. The van der Waals surface area contributed by atoms with Crippen LogP contribution in [0.15, 0.2) is 0 Å². The van der Waals surface area contributed by atoms with Crippen LogP contribution in [0.2, 0.25) is 0 Å². The molecule has 0 bridgehead atoms. The normalized spacial score (nSPS) is 4.80. The van der Waals surface area contributed by atoms with E-state index in [1.807, 2.05) is 0 Å². The molecule has 2 N–H and O–H groups in total. The molecule has 0 unspecified atom stereocenters. The molecule has 0 aliphatic carbocycles. The van der Waals surface area contributed by atoms with Gasteiger partial charge in [0.05, 0.1) is 0 Å². The molecule has 0 rings (SSSR count). The van der Waals surface area contributed by atoms with Crippen LogP contribution in [0.1, 0.15) is 0 Å². The fourth-order valence-electron chi connectivity index (χ4n) is 0. The molecule has 0 aliphatic rings. The van der Waals surface area contributed by atoms with Crippen LogP contribution in [0.5, 0.6) is 0 Å². The Bertz CT molecular complexity index is 29.9. The maximum atomic E-state index is 8.56. The number of rotatable bonds is 0. The van der Waals surface area contributed by atoms with Crippen LogP contribution in [0.25, 0.3) is 0 Å². The summed E-state index contributed by atoms with van der Waals surface area (Å²) < 4.78 is 0. The molecule has 3 nitrogen and oxygen atoms in total. The van der Waals surface area contributed by atoms with Crippen LogP contribution < -0.4 is 0 Å². The average Bonchev–Trinajstić information content (AvgIpc) is 0.811. The van der Waals surface area contributed by atoms with E-state index < -0.39 is 6.16 Å². The van der Waals surface area contributed by atoms with E-state index in [-0.39, 0.29) is 37.7 Å². The zero-order chi connectivity index (χ0) is 3.58. The third kappa shape index (κ3) is 103. The van der Waals surface area contributed by atoms with Gasteiger partial charge in [-0.3, -0.25) is 0 Å². The van der Waals surface area contributed by atoms with Crippen molar-refractivity contribution in [3.05, 3.63) is 0 Å². The van der Waals surface area contributed by atoms with E-state index in [1.165, 1.54) is 0 Å². The molecule has 0 saturated carbocycles. The molecule has 0 aromatic carbocycles. The van der Waals surface area contributed by atoms with Crippen LogP contribution in [0.4, 0.5) is 4.79 Å². The second kappa shape index (κ2) is 4.53. The number of carbonyl (C=O) groups is 1. The van der Waals surface area contributed by atoms with Gasteiger partial charge in [-0.25, -0.2) is 4.79 Å². The van der Waals surface area contributed by atoms with Crippen molar-refractivity contribution in [1.29, 1.82) is 0 Å². The second-order valence-corrected chi connectivity index (χ2v) is 0.283. The summed E-state index contributed by atoms with van der Waals surface area (Å²) in [6, 6.07) is 0. The van der Waals surface area contributed by atoms with E-state index in [4.69, 9.17) is 15.0 Å². The van der Waals surface area contributed by atoms with Crippen molar-refractivity contribution in [3.63, 3.8) is 0 Å². The number of hydrogen-bond acceptors (Lipinski definition) is 1. The smallest absolute Gasteiger partial charge is 0.450 e. The monoisotopic (exact) mass is 103 g/mol. The summed E-state index contributed by atoms with van der Waals surface area (Å²) in [6.07, 6.45) is -1.83. The Labute approximate surface area is 58.6 Å². The maximum Gasteiger partial charge on any atom is 0.503 e. The van der Waals surface area contributed by atoms with Gasteiger partial charge in [-0.15, -0.1) is 0 Å². The zero-order valence-electron chi connectivity index (χ0n) is 2.51. The van der Waals surface area contributed by atoms with Crippen molar-refractivity contribution >= 4 is 43.9 Å². The van der Waals surface area contributed by atoms with E-state index in [9.17, 15) is 0 Å². The Balaban J connectivity index is 0. The predicted octanol–water partition coefficient (Wildman–Crippen LogP) is -0.158. The van der Waals surface area contributed by atoms with Crippen LogP contribution >= 0.6 is 0 Å². The summed E-state index contributed by atoms with van der Waals surface area (Å²) in [5, 5.41) is 13.9. The third-order valence-corrected chi connectivity index (χ3v) is 0. The fourth-order valence-corrected chi connectivity index (χ4v) is 0. The Kier molecular flexibility index (Phi) is 8.25. The van der Waals surface area contributed by atoms with Gasteiger partial charge in [-0.2, -0.15) is 0 Å². The molecule has 0 fully saturated rings. The van der Waals surface area contributed by atoms with Gasteiger partial charge in [-0.05, 0) is 0 Å². The minimum absolute atomic E-state index is 0. The summed E-state index contributed by atoms with van der Waals surface area (Å²) in [5.74, 6) is 0. The van der Waals surface area contributed by atoms with Gasteiger partial charge in [0.15, 0.2) is 0 Å². The van der Waals surface area contributed by atoms with E-state index in [0.717, 1.165) is 0 Å². The first-order chi connectivity index (χ1) is 1.73. The predicted molar refractivity (Wildman–Crippen MR) is 16.4 cm³/mol. The Morgan fingerprint density at radius 3 is 1.40 bits per heavy atom. The molecule has 4 heteroatoms. The molecule has 0 amide bonds. The summed E-state index contributed by atoms with van der Waals surface area (Å²) in [7, 11) is 0. The summed E-state index contributed by atoms with van der Waals surface area (Å²) in [4.78, 5) is 8.56. The maximum absolute atomic E-state index is 8.56. The molecule has 0 aromatic heterocycles. The Morgan fingerprint density at radius 1 is 1.40 bits per heavy atom. The minimum Gasteiger partial charge on any atom is -0.450 e. The molecule has 26 valence electrons. The topological polar surface area (TPSA) is 57.5 Å². The van der Waals surface area contributed by atoms with E-state index >= 15 is 0 Å². The summed E-state index contributed by atoms with van der Waals surface area (Å²) in [5.41, 5.74) is 0. The van der Waals surface area contributed by atoms with Gasteiger partial charge in [0.1, 0.15) is 0 Å². The number of hydrogen-bond donors (Lipinski definition) is 2. The number of carboxylic acid groups (broad SMARTS) is 2. The first-order valence-corrected chi connectivity index (χ1v) is 0.651. The van der Waals surface area contributed by atoms with Crippen LogP contribution in [0.3, 0.4) is 0 Å². The Morgan fingerprint density at radius 2 is 1.40 bits per heavy atom. The van der Waals surface area contributed by atoms with Gasteiger partial charge in [0.25, 0.3) is 0 Å². The average molecular weight is 103 g/mol. The molecule has 0 spiro atoms. The molecule has 0 atom stereocenters. The molecule has 0 aromatic rings. The standard InChI is InChI=1S/CH2O3.Ca/c2-1(3)4;/h(H2,2,3,4);/i1+1;. The SMILES string of the molecule is O=[13C](O)O.[Ca]. The van der Waals surface area contributed by atoms with Gasteiger partial charge in [-0.1, -0.05) is 0 Å². The Hall–Kier alpha value is 0.530. The van der Waals surface area contributed by atoms with Gasteiger partial charge >= 0.3 is 6.16 Å². The van der Waals surface area contributed by atoms with Crippen LogP contribution in [0, 0.1) is 0 Å². The summed E-state index contributed by atoms with van der Waals surface area (Å²) >= 11 is 0.